The molecule has 0 fully saturated rings. The number of hydrogen-bond donors (Lipinski definition) is 0. The minimum Gasteiger partial charge on any atom is -0.542 e. The first-order valence-electron chi connectivity index (χ1n) is 4.48. The van der Waals surface area contributed by atoms with E-state index in [0.717, 1.165) is 6.42 Å². The molecule has 0 saturated carbocycles. The molecule has 0 radical (unpaired) electrons. The van der Waals surface area contributed by atoms with E-state index < -0.39 is 5.97 Å². The molecule has 0 bridgehead atoms. The standard InChI is InChI=1S/C10H10O4/c1-5-8-6(11)3-2-4-7(8)14-9(5)10(12)13/h2-4H2,1H3,(H,12,13)/p-1. The fourth-order valence-electron chi connectivity index (χ4n) is 1.84. The predicted octanol–water partition coefficient (Wildman–Crippen LogP) is 0.471. The highest BCUT2D eigenvalue weighted by Crippen LogP contribution is 2.28. The largest absolute Gasteiger partial charge is 0.542 e. The van der Waals surface area contributed by atoms with Gasteiger partial charge in [0.1, 0.15) is 11.7 Å². The molecule has 2 rings (SSSR count). The van der Waals surface area contributed by atoms with Crippen LogP contribution in [0, 0.1) is 6.92 Å². The molecule has 1 aromatic heterocycles. The van der Waals surface area contributed by atoms with Gasteiger partial charge in [0.2, 0.25) is 0 Å². The summed E-state index contributed by atoms with van der Waals surface area (Å²) in [6.45, 7) is 1.58. The summed E-state index contributed by atoms with van der Waals surface area (Å²) in [6, 6.07) is 0. The van der Waals surface area contributed by atoms with Crippen molar-refractivity contribution in [2.75, 3.05) is 0 Å². The number of Topliss-reactive ketones (excluding diaryl/α,β-unsaturated/α-hetero) is 1. The average molecular weight is 193 g/mol. The molecule has 1 aliphatic carbocycles. The average Bonchev–Trinajstić information content (AvgIpc) is 2.45. The number of carboxylic acid groups (broad SMARTS) is 1. The Kier molecular flexibility index (Phi) is 1.91. The van der Waals surface area contributed by atoms with E-state index in [0.29, 0.717) is 29.7 Å². The van der Waals surface area contributed by atoms with E-state index in [9.17, 15) is 14.7 Å². The quantitative estimate of drug-likeness (QED) is 0.650. The molecule has 0 atom stereocenters. The van der Waals surface area contributed by atoms with Gasteiger partial charge in [0.05, 0.1) is 5.56 Å². The summed E-state index contributed by atoms with van der Waals surface area (Å²) in [5.41, 5.74) is 0.861. The second-order valence-corrected chi connectivity index (χ2v) is 3.42. The van der Waals surface area contributed by atoms with Crippen molar-refractivity contribution >= 4 is 11.8 Å². The van der Waals surface area contributed by atoms with Crippen molar-refractivity contribution in [1.29, 1.82) is 0 Å². The first-order chi connectivity index (χ1) is 6.61. The molecule has 0 spiro atoms. The van der Waals surface area contributed by atoms with Crippen LogP contribution in [0.1, 0.15) is 45.1 Å². The highest BCUT2D eigenvalue weighted by Gasteiger charge is 2.26. The summed E-state index contributed by atoms with van der Waals surface area (Å²) in [7, 11) is 0. The number of furan rings is 1. The van der Waals surface area contributed by atoms with Gasteiger partial charge in [-0.1, -0.05) is 0 Å². The van der Waals surface area contributed by atoms with Crippen LogP contribution in [0.15, 0.2) is 4.42 Å². The maximum Gasteiger partial charge on any atom is 0.166 e. The van der Waals surface area contributed by atoms with Crippen molar-refractivity contribution in [3.8, 4) is 0 Å². The van der Waals surface area contributed by atoms with Crippen LogP contribution >= 0.6 is 0 Å². The molecule has 1 aromatic rings. The molecule has 0 unspecified atom stereocenters. The third-order valence-electron chi connectivity index (χ3n) is 2.49. The van der Waals surface area contributed by atoms with Crippen LogP contribution in [0.5, 0.6) is 0 Å². The van der Waals surface area contributed by atoms with Crippen molar-refractivity contribution in [2.24, 2.45) is 0 Å². The number of ketones is 1. The van der Waals surface area contributed by atoms with Gasteiger partial charge in [-0.15, -0.1) is 0 Å². The second kappa shape index (κ2) is 2.97. The zero-order chi connectivity index (χ0) is 10.3. The van der Waals surface area contributed by atoms with Gasteiger partial charge in [-0.25, -0.2) is 0 Å². The smallest absolute Gasteiger partial charge is 0.166 e. The Labute approximate surface area is 80.5 Å². The van der Waals surface area contributed by atoms with Crippen molar-refractivity contribution in [1.82, 2.24) is 0 Å². The number of carbonyl (C=O) groups is 2. The van der Waals surface area contributed by atoms with E-state index in [1.807, 2.05) is 0 Å². The van der Waals surface area contributed by atoms with Crippen molar-refractivity contribution < 1.29 is 19.1 Å². The van der Waals surface area contributed by atoms with Crippen LogP contribution in [0.3, 0.4) is 0 Å². The van der Waals surface area contributed by atoms with Crippen LogP contribution in [-0.4, -0.2) is 11.8 Å². The molecule has 0 amide bonds. The maximum atomic E-state index is 11.5. The lowest BCUT2D eigenvalue weighted by molar-refractivity contribution is -0.257. The van der Waals surface area contributed by atoms with E-state index >= 15 is 0 Å². The van der Waals surface area contributed by atoms with Crippen molar-refractivity contribution in [2.45, 2.75) is 26.2 Å². The topological polar surface area (TPSA) is 70.3 Å². The van der Waals surface area contributed by atoms with E-state index in [1.54, 1.807) is 6.92 Å². The normalized spacial score (nSPS) is 15.4. The third kappa shape index (κ3) is 1.14. The summed E-state index contributed by atoms with van der Waals surface area (Å²) < 4.78 is 5.09. The third-order valence-corrected chi connectivity index (χ3v) is 2.49. The van der Waals surface area contributed by atoms with Gasteiger partial charge in [-0.2, -0.15) is 0 Å². The van der Waals surface area contributed by atoms with Gasteiger partial charge in [-0.3, -0.25) is 4.79 Å². The number of aryl methyl sites for hydroxylation is 1. The molecule has 1 heterocycles. The Morgan fingerprint density at radius 1 is 1.43 bits per heavy atom. The van der Waals surface area contributed by atoms with E-state index in [1.165, 1.54) is 0 Å². The fourth-order valence-corrected chi connectivity index (χ4v) is 1.84. The Morgan fingerprint density at radius 3 is 2.71 bits per heavy atom. The molecule has 4 heteroatoms. The van der Waals surface area contributed by atoms with Crippen LogP contribution in [0.25, 0.3) is 0 Å². The van der Waals surface area contributed by atoms with Crippen LogP contribution in [-0.2, 0) is 6.42 Å². The number of fused-ring (bicyclic) bond motifs is 1. The van der Waals surface area contributed by atoms with Crippen LogP contribution in [0.4, 0.5) is 0 Å². The number of carboxylic acids is 1. The maximum absolute atomic E-state index is 11.5. The Bertz CT molecular complexity index is 414. The van der Waals surface area contributed by atoms with Gasteiger partial charge >= 0.3 is 0 Å². The Morgan fingerprint density at radius 2 is 2.14 bits per heavy atom. The van der Waals surface area contributed by atoms with Crippen LogP contribution < -0.4 is 5.11 Å². The van der Waals surface area contributed by atoms with E-state index in [-0.39, 0.29) is 11.5 Å². The fraction of sp³-hybridized carbons (Fsp3) is 0.400. The van der Waals surface area contributed by atoms with Crippen LogP contribution in [0.2, 0.25) is 0 Å². The summed E-state index contributed by atoms with van der Waals surface area (Å²) in [4.78, 5) is 22.1. The molecule has 14 heavy (non-hydrogen) atoms. The van der Waals surface area contributed by atoms with E-state index in [2.05, 4.69) is 0 Å². The molecule has 4 nitrogen and oxygen atoms in total. The zero-order valence-corrected chi connectivity index (χ0v) is 7.75. The number of aromatic carboxylic acids is 1. The van der Waals surface area contributed by atoms with Gasteiger partial charge < -0.3 is 14.3 Å². The predicted molar refractivity (Wildman–Crippen MR) is 45.0 cm³/mol. The number of hydrogen-bond acceptors (Lipinski definition) is 4. The second-order valence-electron chi connectivity index (χ2n) is 3.42. The molecule has 0 aliphatic heterocycles. The SMILES string of the molecule is Cc1c(C(=O)[O-])oc2c1C(=O)CCC2. The molecule has 0 N–H and O–H groups in total. The van der Waals surface area contributed by atoms with Gasteiger partial charge in [0, 0.05) is 18.4 Å². The first-order valence-corrected chi connectivity index (χ1v) is 4.48. The highest BCUT2D eigenvalue weighted by atomic mass is 16.4. The molecular formula is C10H9O4-. The number of carbonyl (C=O) groups excluding carboxylic acids is 2. The van der Waals surface area contributed by atoms with Gasteiger partial charge in [0.25, 0.3) is 0 Å². The molecule has 74 valence electrons. The van der Waals surface area contributed by atoms with Crippen molar-refractivity contribution in [3.05, 3.63) is 22.6 Å². The zero-order valence-electron chi connectivity index (χ0n) is 7.75. The van der Waals surface area contributed by atoms with E-state index in [4.69, 9.17) is 4.42 Å². The monoisotopic (exact) mass is 193 g/mol. The van der Waals surface area contributed by atoms with Gasteiger partial charge in [-0.05, 0) is 13.3 Å². The Hall–Kier alpha value is -1.58. The number of rotatable bonds is 1. The summed E-state index contributed by atoms with van der Waals surface area (Å²) >= 11 is 0. The Balaban J connectivity index is 2.60. The molecular weight excluding hydrogens is 184 g/mol. The minimum atomic E-state index is -1.36. The summed E-state index contributed by atoms with van der Waals surface area (Å²) in [5.74, 6) is -1.09. The van der Waals surface area contributed by atoms with Gasteiger partial charge in [0.15, 0.2) is 11.5 Å². The highest BCUT2D eigenvalue weighted by molar-refractivity contribution is 6.01. The molecule has 0 aromatic carbocycles. The first kappa shape index (κ1) is 8.99. The molecule has 0 saturated heterocycles. The summed E-state index contributed by atoms with van der Waals surface area (Å²) in [5, 5.41) is 10.6. The minimum absolute atomic E-state index is 0.0278. The lowest BCUT2D eigenvalue weighted by atomic mass is 9.94. The van der Waals surface area contributed by atoms with Crippen molar-refractivity contribution in [3.63, 3.8) is 0 Å². The summed E-state index contributed by atoms with van der Waals surface area (Å²) in [6.07, 6.45) is 1.83. The lowest BCUT2D eigenvalue weighted by Gasteiger charge is -2.07. The molecule has 1 aliphatic rings. The lowest BCUT2D eigenvalue weighted by Crippen LogP contribution is -2.22.